The summed E-state index contributed by atoms with van der Waals surface area (Å²) in [5.41, 5.74) is 3.70. The number of hydrogen-bond donors (Lipinski definition) is 0. The second-order valence-corrected chi connectivity index (χ2v) is 2.60. The molecule has 1 aromatic rings. The van der Waals surface area contributed by atoms with Crippen molar-refractivity contribution >= 4 is 5.57 Å². The second kappa shape index (κ2) is 3.97. The Labute approximate surface area is 69.6 Å². The van der Waals surface area contributed by atoms with Crippen LogP contribution in [0, 0.1) is 6.92 Å². The zero-order chi connectivity index (χ0) is 7.56. The van der Waals surface area contributed by atoms with Crippen LogP contribution in [0.2, 0.25) is 0 Å². The molecule has 11 heavy (non-hydrogen) atoms. The molecule has 0 N–H and O–H groups in total. The van der Waals surface area contributed by atoms with Crippen LogP contribution in [0.5, 0.6) is 0 Å². The maximum atomic E-state index is 3.89. The van der Waals surface area contributed by atoms with Crippen LogP contribution < -0.4 is 0 Å². The first-order chi connectivity index (χ1) is 4.72. The molecule has 1 rings (SSSR count). The summed E-state index contributed by atoms with van der Waals surface area (Å²) in [6.07, 6.45) is 0. The molecule has 0 nitrogen and oxygen atoms in total. The zero-order valence-electron chi connectivity index (χ0n) is 6.52. The molecule has 0 fully saturated rings. The fourth-order valence-electron chi connectivity index (χ4n) is 1.05. The number of aryl methyl sites for hydroxylation is 1. The van der Waals surface area contributed by atoms with E-state index < -0.39 is 0 Å². The van der Waals surface area contributed by atoms with Gasteiger partial charge in [-0.15, -0.1) is 0 Å². The Morgan fingerprint density at radius 3 is 2.18 bits per heavy atom. The fraction of sp³-hybridized carbons (Fsp3) is 0.273. The van der Waals surface area contributed by atoms with Crippen LogP contribution in [0.1, 0.15) is 25.5 Å². The predicted molar refractivity (Wildman–Crippen MR) is 52.6 cm³/mol. The number of rotatable bonds is 1. The molecule has 60 valence electrons. The molecule has 0 unspecified atom stereocenters. The molecule has 0 heterocycles. The van der Waals surface area contributed by atoms with Crippen molar-refractivity contribution in [1.82, 2.24) is 0 Å². The van der Waals surface area contributed by atoms with Crippen molar-refractivity contribution in [3.8, 4) is 0 Å². The Hall–Kier alpha value is -1.04. The van der Waals surface area contributed by atoms with E-state index in [9.17, 15) is 0 Å². The molecule has 0 aliphatic heterocycles. The molecular weight excluding hydrogens is 132 g/mol. The standard InChI is InChI=1S/C10H12.CH4/c1-8(2)10-7-5-4-6-9(10)3;/h4-7H,1H2,2-3H3;1H4. The van der Waals surface area contributed by atoms with Gasteiger partial charge >= 0.3 is 0 Å². The van der Waals surface area contributed by atoms with Crippen molar-refractivity contribution in [2.45, 2.75) is 21.3 Å². The summed E-state index contributed by atoms with van der Waals surface area (Å²) in [4.78, 5) is 0. The minimum atomic E-state index is 0. The van der Waals surface area contributed by atoms with Crippen molar-refractivity contribution in [2.24, 2.45) is 0 Å². The van der Waals surface area contributed by atoms with Crippen molar-refractivity contribution in [1.29, 1.82) is 0 Å². The van der Waals surface area contributed by atoms with E-state index in [-0.39, 0.29) is 7.43 Å². The van der Waals surface area contributed by atoms with Gasteiger partial charge in [0.25, 0.3) is 0 Å². The highest BCUT2D eigenvalue weighted by Gasteiger charge is 1.94. The molecule has 0 bridgehead atoms. The van der Waals surface area contributed by atoms with Gasteiger partial charge in [0.05, 0.1) is 0 Å². The SMILES string of the molecule is C.C=C(C)c1ccccc1C. The molecule has 0 heteroatoms. The molecule has 0 aromatic heterocycles. The zero-order valence-corrected chi connectivity index (χ0v) is 6.52. The molecule has 0 amide bonds. The Bertz CT molecular complexity index is 246. The Morgan fingerprint density at radius 2 is 1.82 bits per heavy atom. The average Bonchev–Trinajstić information content (AvgIpc) is 1.88. The maximum Gasteiger partial charge on any atom is -0.0204 e. The van der Waals surface area contributed by atoms with E-state index in [1.807, 2.05) is 19.1 Å². The van der Waals surface area contributed by atoms with E-state index in [4.69, 9.17) is 0 Å². The van der Waals surface area contributed by atoms with Gasteiger partial charge in [-0.05, 0) is 25.0 Å². The van der Waals surface area contributed by atoms with E-state index in [2.05, 4.69) is 25.6 Å². The highest BCUT2D eigenvalue weighted by Crippen LogP contribution is 2.14. The quantitative estimate of drug-likeness (QED) is 0.570. The second-order valence-electron chi connectivity index (χ2n) is 2.60. The van der Waals surface area contributed by atoms with Gasteiger partial charge in [0, 0.05) is 0 Å². The van der Waals surface area contributed by atoms with Crippen molar-refractivity contribution in [2.75, 3.05) is 0 Å². The van der Waals surface area contributed by atoms with E-state index in [0.29, 0.717) is 0 Å². The summed E-state index contributed by atoms with van der Waals surface area (Å²) >= 11 is 0. The summed E-state index contributed by atoms with van der Waals surface area (Å²) < 4.78 is 0. The van der Waals surface area contributed by atoms with Gasteiger partial charge in [0.2, 0.25) is 0 Å². The predicted octanol–water partition coefficient (Wildman–Crippen LogP) is 3.66. The summed E-state index contributed by atoms with van der Waals surface area (Å²) in [6, 6.07) is 8.28. The first-order valence-electron chi connectivity index (χ1n) is 3.43. The molecule has 0 aliphatic carbocycles. The van der Waals surface area contributed by atoms with Crippen LogP contribution in [0.4, 0.5) is 0 Å². The lowest BCUT2D eigenvalue weighted by atomic mass is 10.0. The first-order valence-corrected chi connectivity index (χ1v) is 3.43. The maximum absolute atomic E-state index is 3.89. The van der Waals surface area contributed by atoms with Gasteiger partial charge in [-0.2, -0.15) is 0 Å². The highest BCUT2D eigenvalue weighted by atomic mass is 14.0. The lowest BCUT2D eigenvalue weighted by Crippen LogP contribution is -1.81. The van der Waals surface area contributed by atoms with E-state index in [1.54, 1.807) is 0 Å². The van der Waals surface area contributed by atoms with Gasteiger partial charge in [-0.1, -0.05) is 43.8 Å². The molecule has 0 saturated carbocycles. The molecule has 0 aliphatic rings. The largest absolute Gasteiger partial charge is 0.0955 e. The minimum absolute atomic E-state index is 0. The van der Waals surface area contributed by atoms with E-state index in [1.165, 1.54) is 11.1 Å². The van der Waals surface area contributed by atoms with Crippen LogP contribution in [0.25, 0.3) is 5.57 Å². The summed E-state index contributed by atoms with van der Waals surface area (Å²) in [7, 11) is 0. The van der Waals surface area contributed by atoms with Crippen molar-refractivity contribution in [3.63, 3.8) is 0 Å². The molecular formula is C11H16. The third-order valence-electron chi connectivity index (χ3n) is 1.60. The number of allylic oxidation sites excluding steroid dienone is 1. The van der Waals surface area contributed by atoms with Crippen LogP contribution in [-0.4, -0.2) is 0 Å². The Kier molecular flexibility index (Phi) is 3.59. The van der Waals surface area contributed by atoms with Crippen LogP contribution in [0.15, 0.2) is 30.8 Å². The number of hydrogen-bond acceptors (Lipinski definition) is 0. The van der Waals surface area contributed by atoms with Crippen molar-refractivity contribution in [3.05, 3.63) is 42.0 Å². The average molecular weight is 148 g/mol. The van der Waals surface area contributed by atoms with Gasteiger partial charge in [-0.25, -0.2) is 0 Å². The van der Waals surface area contributed by atoms with E-state index in [0.717, 1.165) is 5.57 Å². The fourth-order valence-corrected chi connectivity index (χ4v) is 1.05. The molecule has 0 spiro atoms. The third-order valence-corrected chi connectivity index (χ3v) is 1.60. The molecule has 0 saturated heterocycles. The normalized spacial score (nSPS) is 8.55. The smallest absolute Gasteiger partial charge is 0.0204 e. The lowest BCUT2D eigenvalue weighted by molar-refractivity contribution is 1.41. The van der Waals surface area contributed by atoms with Gasteiger partial charge in [-0.3, -0.25) is 0 Å². The van der Waals surface area contributed by atoms with Crippen LogP contribution in [0.3, 0.4) is 0 Å². The third kappa shape index (κ3) is 2.23. The van der Waals surface area contributed by atoms with E-state index >= 15 is 0 Å². The topological polar surface area (TPSA) is 0 Å². The molecule has 1 aromatic carbocycles. The monoisotopic (exact) mass is 148 g/mol. The summed E-state index contributed by atoms with van der Waals surface area (Å²) in [5.74, 6) is 0. The molecule has 0 atom stereocenters. The van der Waals surface area contributed by atoms with Crippen molar-refractivity contribution < 1.29 is 0 Å². The van der Waals surface area contributed by atoms with Gasteiger partial charge < -0.3 is 0 Å². The highest BCUT2D eigenvalue weighted by molar-refractivity contribution is 5.63. The minimum Gasteiger partial charge on any atom is -0.0955 e. The van der Waals surface area contributed by atoms with Crippen LogP contribution in [-0.2, 0) is 0 Å². The van der Waals surface area contributed by atoms with Gasteiger partial charge in [0.15, 0.2) is 0 Å². The Balaban J connectivity index is 0.000001000. The Morgan fingerprint density at radius 1 is 1.27 bits per heavy atom. The summed E-state index contributed by atoms with van der Waals surface area (Å²) in [6.45, 7) is 8.02. The van der Waals surface area contributed by atoms with Gasteiger partial charge in [0.1, 0.15) is 0 Å². The first kappa shape index (κ1) is 9.96. The van der Waals surface area contributed by atoms with Crippen LogP contribution >= 0.6 is 0 Å². The molecule has 0 radical (unpaired) electrons. The number of benzene rings is 1. The lowest BCUT2D eigenvalue weighted by Gasteiger charge is -2.02. The summed E-state index contributed by atoms with van der Waals surface area (Å²) in [5, 5.41) is 0.